The van der Waals surface area contributed by atoms with E-state index in [-0.39, 0.29) is 0 Å². The van der Waals surface area contributed by atoms with Gasteiger partial charge in [0, 0.05) is 6.42 Å². The molecule has 3 nitrogen and oxygen atoms in total. The van der Waals surface area contributed by atoms with Crippen molar-refractivity contribution >= 4 is 22.6 Å². The summed E-state index contributed by atoms with van der Waals surface area (Å²) in [4.78, 5) is 2.00. The summed E-state index contributed by atoms with van der Waals surface area (Å²) in [6, 6.07) is 0. The van der Waals surface area contributed by atoms with Crippen LogP contribution in [0.3, 0.4) is 0 Å². The second-order valence-corrected chi connectivity index (χ2v) is 4.14. The molecule has 2 N–H and O–H groups in total. The molecule has 0 aliphatic heterocycles. The van der Waals surface area contributed by atoms with Crippen LogP contribution in [0.5, 0.6) is 0 Å². The number of hydrogen-bond acceptors (Lipinski definition) is 3. The number of rotatable bonds is 1. The SMILES string of the molecule is CCC(O)(O)I.CN(C)C. The van der Waals surface area contributed by atoms with E-state index >= 15 is 0 Å². The van der Waals surface area contributed by atoms with E-state index in [2.05, 4.69) is 0 Å². The smallest absolute Gasteiger partial charge is 0.216 e. The Morgan fingerprint density at radius 2 is 1.40 bits per heavy atom. The lowest BCUT2D eigenvalue weighted by Crippen LogP contribution is -2.15. The summed E-state index contributed by atoms with van der Waals surface area (Å²) in [7, 11) is 6.00. The van der Waals surface area contributed by atoms with Crippen LogP contribution in [0.1, 0.15) is 13.3 Å². The van der Waals surface area contributed by atoms with Crippen molar-refractivity contribution in [2.45, 2.75) is 17.1 Å². The van der Waals surface area contributed by atoms with Crippen LogP contribution in [0.2, 0.25) is 0 Å². The summed E-state index contributed by atoms with van der Waals surface area (Å²) in [6.45, 7) is 1.70. The number of aliphatic hydroxyl groups is 2. The van der Waals surface area contributed by atoms with Crippen LogP contribution in [0.4, 0.5) is 0 Å². The van der Waals surface area contributed by atoms with E-state index in [1.54, 1.807) is 29.5 Å². The quantitative estimate of drug-likeness (QED) is 0.414. The van der Waals surface area contributed by atoms with Gasteiger partial charge in [0.2, 0.25) is 3.79 Å². The molecule has 0 heterocycles. The van der Waals surface area contributed by atoms with E-state index in [1.807, 2.05) is 26.0 Å². The van der Waals surface area contributed by atoms with Crippen LogP contribution in [-0.2, 0) is 0 Å². The lowest BCUT2D eigenvalue weighted by atomic mass is 10.5. The lowest BCUT2D eigenvalue weighted by Gasteiger charge is -2.07. The highest BCUT2D eigenvalue weighted by atomic mass is 127. The first-order valence-electron chi connectivity index (χ1n) is 3.04. The largest absolute Gasteiger partial charge is 0.358 e. The highest BCUT2D eigenvalue weighted by Crippen LogP contribution is 2.12. The van der Waals surface area contributed by atoms with E-state index < -0.39 is 3.79 Å². The predicted octanol–water partition coefficient (Wildman–Crippen LogP) is 0.648. The Labute approximate surface area is 76.2 Å². The second-order valence-electron chi connectivity index (χ2n) is 2.41. The van der Waals surface area contributed by atoms with Crippen molar-refractivity contribution in [3.63, 3.8) is 0 Å². The third-order valence-corrected chi connectivity index (χ3v) is 1.21. The number of halogens is 1. The number of hydrogen-bond donors (Lipinski definition) is 2. The molecule has 0 saturated carbocycles. The topological polar surface area (TPSA) is 43.7 Å². The fourth-order valence-corrected chi connectivity index (χ4v) is 0. The molecule has 0 bridgehead atoms. The summed E-state index contributed by atoms with van der Waals surface area (Å²) in [5.74, 6) is 0. The van der Waals surface area contributed by atoms with Gasteiger partial charge in [-0.3, -0.25) is 0 Å². The van der Waals surface area contributed by atoms with Crippen molar-refractivity contribution in [2.75, 3.05) is 21.1 Å². The Morgan fingerprint density at radius 3 is 1.40 bits per heavy atom. The Kier molecular flexibility index (Phi) is 8.36. The fourth-order valence-electron chi connectivity index (χ4n) is 0. The van der Waals surface area contributed by atoms with Crippen LogP contribution in [0.25, 0.3) is 0 Å². The molecular weight excluding hydrogens is 245 g/mol. The second kappa shape index (κ2) is 6.33. The van der Waals surface area contributed by atoms with Crippen LogP contribution in [0, 0.1) is 0 Å². The van der Waals surface area contributed by atoms with Crippen molar-refractivity contribution in [3.8, 4) is 0 Å². The van der Waals surface area contributed by atoms with Gasteiger partial charge in [-0.1, -0.05) is 6.92 Å². The molecular formula is C6H16INO2. The van der Waals surface area contributed by atoms with Gasteiger partial charge in [-0.15, -0.1) is 0 Å². The molecule has 0 rings (SSSR count). The predicted molar refractivity (Wildman–Crippen MR) is 51.1 cm³/mol. The van der Waals surface area contributed by atoms with Crippen LogP contribution < -0.4 is 0 Å². The maximum Gasteiger partial charge on any atom is 0.216 e. The third-order valence-electron chi connectivity index (χ3n) is 0.450. The van der Waals surface area contributed by atoms with Crippen LogP contribution in [-0.4, -0.2) is 40.0 Å². The third kappa shape index (κ3) is 38.3. The zero-order chi connectivity index (χ0) is 8.78. The van der Waals surface area contributed by atoms with Gasteiger partial charge < -0.3 is 15.1 Å². The molecule has 0 aromatic rings. The summed E-state index contributed by atoms with van der Waals surface area (Å²) < 4.78 is -1.49. The maximum atomic E-state index is 8.37. The molecule has 64 valence electrons. The van der Waals surface area contributed by atoms with Crippen LogP contribution in [0.15, 0.2) is 0 Å². The standard InChI is InChI=1S/C3H7IO2.C3H9N/c1-2-3(4,5)6;1-4(2)3/h5-6H,2H2,1H3;1-3H3. The van der Waals surface area contributed by atoms with Crippen LogP contribution >= 0.6 is 22.6 Å². The van der Waals surface area contributed by atoms with Gasteiger partial charge in [-0.05, 0) is 43.7 Å². The minimum Gasteiger partial charge on any atom is -0.358 e. The summed E-state index contributed by atoms with van der Waals surface area (Å²) >= 11 is 1.55. The minimum absolute atomic E-state index is 0.369. The Morgan fingerprint density at radius 1 is 1.30 bits per heavy atom. The van der Waals surface area contributed by atoms with E-state index in [9.17, 15) is 0 Å². The molecule has 0 unspecified atom stereocenters. The van der Waals surface area contributed by atoms with Gasteiger partial charge in [0.05, 0.1) is 0 Å². The monoisotopic (exact) mass is 261 g/mol. The first-order chi connectivity index (χ1) is 4.29. The van der Waals surface area contributed by atoms with Gasteiger partial charge in [0.1, 0.15) is 0 Å². The summed E-state index contributed by atoms with van der Waals surface area (Å²) in [5.41, 5.74) is 0. The molecule has 0 fully saturated rings. The van der Waals surface area contributed by atoms with Gasteiger partial charge in [-0.2, -0.15) is 0 Å². The zero-order valence-electron chi connectivity index (χ0n) is 6.93. The Bertz CT molecular complexity index is 67.9. The number of alkyl halides is 1. The van der Waals surface area contributed by atoms with Crippen molar-refractivity contribution in [3.05, 3.63) is 0 Å². The summed E-state index contributed by atoms with van der Waals surface area (Å²) in [5, 5.41) is 16.7. The fraction of sp³-hybridized carbons (Fsp3) is 1.00. The van der Waals surface area contributed by atoms with E-state index in [0.717, 1.165) is 0 Å². The first-order valence-corrected chi connectivity index (χ1v) is 4.12. The first kappa shape index (κ1) is 13.2. The number of nitrogens with zero attached hydrogens (tertiary/aromatic N) is 1. The van der Waals surface area contributed by atoms with Crippen molar-refractivity contribution in [2.24, 2.45) is 0 Å². The molecule has 0 radical (unpaired) electrons. The Balaban J connectivity index is 0. The molecule has 0 aromatic heterocycles. The average molecular weight is 261 g/mol. The molecule has 0 aromatic carbocycles. The van der Waals surface area contributed by atoms with E-state index in [4.69, 9.17) is 10.2 Å². The normalized spacial score (nSPS) is 10.8. The van der Waals surface area contributed by atoms with Gasteiger partial charge >= 0.3 is 0 Å². The Hall–Kier alpha value is 0.610. The highest BCUT2D eigenvalue weighted by Gasteiger charge is 2.11. The molecule has 4 heteroatoms. The van der Waals surface area contributed by atoms with Crippen molar-refractivity contribution in [1.29, 1.82) is 0 Å². The van der Waals surface area contributed by atoms with Gasteiger partial charge in [-0.25, -0.2) is 0 Å². The highest BCUT2D eigenvalue weighted by molar-refractivity contribution is 14.1. The van der Waals surface area contributed by atoms with Gasteiger partial charge in [0.25, 0.3) is 0 Å². The minimum atomic E-state index is -1.49. The zero-order valence-corrected chi connectivity index (χ0v) is 9.08. The molecule has 0 atom stereocenters. The molecule has 0 spiro atoms. The lowest BCUT2D eigenvalue weighted by molar-refractivity contribution is -0.0596. The average Bonchev–Trinajstić information content (AvgIpc) is 1.63. The van der Waals surface area contributed by atoms with E-state index in [1.165, 1.54) is 0 Å². The molecule has 0 aliphatic rings. The molecule has 0 amide bonds. The van der Waals surface area contributed by atoms with Crippen molar-refractivity contribution in [1.82, 2.24) is 4.90 Å². The molecule has 0 aliphatic carbocycles. The van der Waals surface area contributed by atoms with E-state index in [0.29, 0.717) is 6.42 Å². The van der Waals surface area contributed by atoms with Gasteiger partial charge in [0.15, 0.2) is 0 Å². The maximum absolute atomic E-state index is 8.37. The molecule has 10 heavy (non-hydrogen) atoms. The molecule has 0 saturated heterocycles. The summed E-state index contributed by atoms with van der Waals surface area (Å²) in [6.07, 6.45) is 0.369. The van der Waals surface area contributed by atoms with Crippen molar-refractivity contribution < 1.29 is 10.2 Å².